The summed E-state index contributed by atoms with van der Waals surface area (Å²) >= 11 is 4.18. The van der Waals surface area contributed by atoms with Gasteiger partial charge in [-0.15, -0.1) is 12.6 Å². The number of benzene rings is 1. The van der Waals surface area contributed by atoms with Crippen LogP contribution in [0.2, 0.25) is 0 Å². The lowest BCUT2D eigenvalue weighted by Crippen LogP contribution is -2.10. The van der Waals surface area contributed by atoms with Crippen LogP contribution in [0.1, 0.15) is 26.3 Å². The smallest absolute Gasteiger partial charge is 0.126 e. The van der Waals surface area contributed by atoms with Crippen molar-refractivity contribution in [1.82, 2.24) is 0 Å². The number of halogens is 1. The van der Waals surface area contributed by atoms with Crippen LogP contribution in [-0.2, 0) is 6.42 Å². The van der Waals surface area contributed by atoms with Crippen molar-refractivity contribution in [2.75, 3.05) is 0 Å². The van der Waals surface area contributed by atoms with Gasteiger partial charge >= 0.3 is 0 Å². The van der Waals surface area contributed by atoms with Gasteiger partial charge in [0.1, 0.15) is 5.82 Å². The number of hydrogen-bond donors (Lipinski definition) is 1. The molecule has 0 saturated heterocycles. The molecule has 0 unspecified atom stereocenters. The number of rotatable bonds is 1. The minimum Gasteiger partial charge on any atom is -0.207 e. The summed E-state index contributed by atoms with van der Waals surface area (Å²) in [6, 6.07) is 4.94. The molecule has 13 heavy (non-hydrogen) atoms. The van der Waals surface area contributed by atoms with E-state index in [0.29, 0.717) is 0 Å². The van der Waals surface area contributed by atoms with Crippen molar-refractivity contribution in [3.05, 3.63) is 29.6 Å². The molecule has 1 rings (SSSR count). The van der Waals surface area contributed by atoms with E-state index in [4.69, 9.17) is 0 Å². The van der Waals surface area contributed by atoms with Gasteiger partial charge in [-0.25, -0.2) is 4.39 Å². The largest absolute Gasteiger partial charge is 0.207 e. The molecule has 0 fully saturated rings. The SMILES string of the molecule is CC(C)(C)Cc1cc(S)ccc1F. The first-order chi connectivity index (χ1) is 5.88. The van der Waals surface area contributed by atoms with Gasteiger partial charge in [0.25, 0.3) is 0 Å². The van der Waals surface area contributed by atoms with E-state index in [1.54, 1.807) is 12.1 Å². The Labute approximate surface area is 84.6 Å². The zero-order valence-electron chi connectivity index (χ0n) is 8.26. The van der Waals surface area contributed by atoms with E-state index in [1.165, 1.54) is 6.07 Å². The van der Waals surface area contributed by atoms with Gasteiger partial charge < -0.3 is 0 Å². The first-order valence-electron chi connectivity index (χ1n) is 4.36. The van der Waals surface area contributed by atoms with Crippen LogP contribution < -0.4 is 0 Å². The van der Waals surface area contributed by atoms with Crippen LogP contribution in [-0.4, -0.2) is 0 Å². The maximum absolute atomic E-state index is 13.3. The molecule has 1 aromatic carbocycles. The third-order valence-corrected chi connectivity index (χ3v) is 2.03. The van der Waals surface area contributed by atoms with E-state index >= 15 is 0 Å². The van der Waals surface area contributed by atoms with Crippen molar-refractivity contribution >= 4 is 12.6 Å². The highest BCUT2D eigenvalue weighted by Crippen LogP contribution is 2.23. The average molecular weight is 198 g/mol. The summed E-state index contributed by atoms with van der Waals surface area (Å²) < 4.78 is 13.3. The summed E-state index contributed by atoms with van der Waals surface area (Å²) in [5, 5.41) is 0. The van der Waals surface area contributed by atoms with Gasteiger partial charge in [0.2, 0.25) is 0 Å². The lowest BCUT2D eigenvalue weighted by atomic mass is 9.88. The number of thiol groups is 1. The fraction of sp³-hybridized carbons (Fsp3) is 0.455. The molecule has 0 amide bonds. The lowest BCUT2D eigenvalue weighted by Gasteiger charge is -2.18. The molecule has 0 aliphatic rings. The fourth-order valence-electron chi connectivity index (χ4n) is 1.27. The molecule has 0 N–H and O–H groups in total. The third-order valence-electron chi connectivity index (χ3n) is 1.75. The summed E-state index contributed by atoms with van der Waals surface area (Å²) in [6.45, 7) is 6.28. The molecule has 0 radical (unpaired) electrons. The summed E-state index contributed by atoms with van der Waals surface area (Å²) in [5.74, 6) is -0.132. The van der Waals surface area contributed by atoms with Crippen LogP contribution >= 0.6 is 12.6 Å². The van der Waals surface area contributed by atoms with E-state index < -0.39 is 0 Å². The van der Waals surface area contributed by atoms with E-state index in [-0.39, 0.29) is 11.2 Å². The van der Waals surface area contributed by atoms with Gasteiger partial charge in [-0.3, -0.25) is 0 Å². The summed E-state index contributed by atoms with van der Waals surface area (Å²) in [5.41, 5.74) is 0.864. The first-order valence-corrected chi connectivity index (χ1v) is 4.80. The van der Waals surface area contributed by atoms with Crippen LogP contribution in [0.15, 0.2) is 23.1 Å². The van der Waals surface area contributed by atoms with Gasteiger partial charge in [-0.1, -0.05) is 20.8 Å². The predicted molar refractivity (Wildman–Crippen MR) is 56.8 cm³/mol. The molecule has 1 aromatic rings. The molecule has 72 valence electrons. The van der Waals surface area contributed by atoms with Crippen molar-refractivity contribution in [2.24, 2.45) is 5.41 Å². The molecular formula is C11H15FS. The molecule has 0 bridgehead atoms. The first kappa shape index (κ1) is 10.6. The van der Waals surface area contributed by atoms with E-state index in [0.717, 1.165) is 16.9 Å². The van der Waals surface area contributed by atoms with Crippen LogP contribution in [0, 0.1) is 11.2 Å². The zero-order chi connectivity index (χ0) is 10.1. The molecular weight excluding hydrogens is 183 g/mol. The molecule has 0 aromatic heterocycles. The molecule has 0 saturated carbocycles. The minimum absolute atomic E-state index is 0.114. The Hall–Kier alpha value is -0.500. The van der Waals surface area contributed by atoms with Crippen LogP contribution in [0.25, 0.3) is 0 Å². The van der Waals surface area contributed by atoms with E-state index in [9.17, 15) is 4.39 Å². The zero-order valence-corrected chi connectivity index (χ0v) is 9.16. The van der Waals surface area contributed by atoms with Crippen molar-refractivity contribution in [2.45, 2.75) is 32.1 Å². The van der Waals surface area contributed by atoms with Gasteiger partial charge in [-0.2, -0.15) is 0 Å². The van der Waals surface area contributed by atoms with Gasteiger partial charge in [0, 0.05) is 4.90 Å². The van der Waals surface area contributed by atoms with Gasteiger partial charge in [0.05, 0.1) is 0 Å². The van der Waals surface area contributed by atoms with Crippen LogP contribution in [0.3, 0.4) is 0 Å². The standard InChI is InChI=1S/C11H15FS/c1-11(2,3)7-8-6-9(13)4-5-10(8)12/h4-6,13H,7H2,1-3H3. The van der Waals surface area contributed by atoms with E-state index in [2.05, 4.69) is 33.4 Å². The lowest BCUT2D eigenvalue weighted by molar-refractivity contribution is 0.401. The van der Waals surface area contributed by atoms with E-state index in [1.807, 2.05) is 0 Å². The van der Waals surface area contributed by atoms with Crippen molar-refractivity contribution in [3.8, 4) is 0 Å². The highest BCUT2D eigenvalue weighted by molar-refractivity contribution is 7.80. The molecule has 2 heteroatoms. The Morgan fingerprint density at radius 2 is 1.92 bits per heavy atom. The van der Waals surface area contributed by atoms with Crippen LogP contribution in [0.5, 0.6) is 0 Å². The Morgan fingerprint density at radius 3 is 2.46 bits per heavy atom. The Kier molecular flexibility index (Phi) is 3.01. The fourth-order valence-corrected chi connectivity index (χ4v) is 1.50. The maximum atomic E-state index is 13.3. The second-order valence-corrected chi connectivity index (χ2v) is 5.03. The molecule has 0 atom stereocenters. The average Bonchev–Trinajstić information content (AvgIpc) is 1.94. The topological polar surface area (TPSA) is 0 Å². The monoisotopic (exact) mass is 198 g/mol. The summed E-state index contributed by atoms with van der Waals surface area (Å²) in [6.07, 6.45) is 0.743. The molecule has 0 heterocycles. The summed E-state index contributed by atoms with van der Waals surface area (Å²) in [4.78, 5) is 0.820. The predicted octanol–water partition coefficient (Wildman–Crippen LogP) is 3.70. The van der Waals surface area contributed by atoms with Crippen molar-refractivity contribution in [3.63, 3.8) is 0 Å². The Balaban J connectivity index is 2.94. The maximum Gasteiger partial charge on any atom is 0.126 e. The molecule has 0 spiro atoms. The van der Waals surface area contributed by atoms with Crippen molar-refractivity contribution in [1.29, 1.82) is 0 Å². The quantitative estimate of drug-likeness (QED) is 0.653. The Morgan fingerprint density at radius 1 is 1.31 bits per heavy atom. The normalized spacial score (nSPS) is 11.8. The molecule has 0 aliphatic carbocycles. The van der Waals surface area contributed by atoms with Gasteiger partial charge in [0.15, 0.2) is 0 Å². The highest BCUT2D eigenvalue weighted by atomic mass is 32.1. The number of hydrogen-bond acceptors (Lipinski definition) is 1. The van der Waals surface area contributed by atoms with Crippen LogP contribution in [0.4, 0.5) is 4.39 Å². The highest BCUT2D eigenvalue weighted by Gasteiger charge is 2.14. The van der Waals surface area contributed by atoms with Crippen molar-refractivity contribution < 1.29 is 4.39 Å². The second kappa shape index (κ2) is 3.70. The summed E-state index contributed by atoms with van der Waals surface area (Å²) in [7, 11) is 0. The minimum atomic E-state index is -0.132. The molecule has 0 aliphatic heterocycles. The molecule has 0 nitrogen and oxygen atoms in total. The second-order valence-electron chi connectivity index (χ2n) is 4.51. The van der Waals surface area contributed by atoms with Gasteiger partial charge in [-0.05, 0) is 35.6 Å². The third kappa shape index (κ3) is 3.39. The Bertz CT molecular complexity index is 299.